The van der Waals surface area contributed by atoms with Crippen molar-refractivity contribution in [2.24, 2.45) is 0 Å². The van der Waals surface area contributed by atoms with Gasteiger partial charge < -0.3 is 14.6 Å². The third-order valence-corrected chi connectivity index (χ3v) is 5.58. The van der Waals surface area contributed by atoms with Gasteiger partial charge in [-0.2, -0.15) is 4.31 Å². The van der Waals surface area contributed by atoms with Crippen LogP contribution >= 0.6 is 0 Å². The van der Waals surface area contributed by atoms with E-state index in [0.717, 1.165) is 4.31 Å². The number of benzene rings is 1. The van der Waals surface area contributed by atoms with Crippen LogP contribution in [0.4, 0.5) is 0 Å². The highest BCUT2D eigenvalue weighted by Gasteiger charge is 2.33. The Labute approximate surface area is 152 Å². The van der Waals surface area contributed by atoms with Gasteiger partial charge in [-0.3, -0.25) is 9.78 Å². The number of esters is 1. The number of sulfonamides is 1. The number of hydrogen-bond donors (Lipinski definition) is 1. The van der Waals surface area contributed by atoms with Crippen LogP contribution in [-0.2, 0) is 19.6 Å². The molecular formula is C17H20N2O6S. The molecule has 0 amide bonds. The van der Waals surface area contributed by atoms with E-state index in [1.807, 2.05) is 0 Å². The SMILES string of the molecule is COC(=O)C(CCO)N(C)S(=O)(=O)c1ccc(Oc2ccncc2)cc1. The standard InChI is InChI=1S/C17H20N2O6S/c1-19(16(9-12-20)17(21)24-2)26(22,23)15-5-3-13(4-6-15)25-14-7-10-18-11-8-14/h3-8,10-11,16,20H,9,12H2,1-2H3. The lowest BCUT2D eigenvalue weighted by atomic mass is 10.2. The largest absolute Gasteiger partial charge is 0.468 e. The predicted molar refractivity (Wildman–Crippen MR) is 93.2 cm³/mol. The van der Waals surface area contributed by atoms with Gasteiger partial charge in [0.15, 0.2) is 0 Å². The van der Waals surface area contributed by atoms with Crippen LogP contribution in [0.5, 0.6) is 11.5 Å². The molecule has 1 heterocycles. The second-order valence-electron chi connectivity index (χ2n) is 5.33. The lowest BCUT2D eigenvalue weighted by molar-refractivity contribution is -0.145. The van der Waals surface area contributed by atoms with Crippen molar-refractivity contribution in [1.29, 1.82) is 0 Å². The van der Waals surface area contributed by atoms with Crippen LogP contribution in [0.1, 0.15) is 6.42 Å². The molecule has 8 nitrogen and oxygen atoms in total. The molecular weight excluding hydrogens is 360 g/mol. The number of aliphatic hydroxyl groups is 1. The second-order valence-corrected chi connectivity index (χ2v) is 7.33. The van der Waals surface area contributed by atoms with Crippen molar-refractivity contribution in [2.75, 3.05) is 20.8 Å². The van der Waals surface area contributed by atoms with E-state index in [-0.39, 0.29) is 17.9 Å². The van der Waals surface area contributed by atoms with Crippen LogP contribution in [-0.4, -0.2) is 55.6 Å². The zero-order valence-electron chi connectivity index (χ0n) is 14.4. The van der Waals surface area contributed by atoms with Gasteiger partial charge in [0.1, 0.15) is 17.5 Å². The predicted octanol–water partition coefficient (Wildman–Crippen LogP) is 1.42. The third kappa shape index (κ3) is 4.57. The Hall–Kier alpha value is -2.49. The van der Waals surface area contributed by atoms with E-state index in [2.05, 4.69) is 9.72 Å². The van der Waals surface area contributed by atoms with Crippen molar-refractivity contribution in [1.82, 2.24) is 9.29 Å². The highest BCUT2D eigenvalue weighted by atomic mass is 32.2. The zero-order chi connectivity index (χ0) is 19.2. The zero-order valence-corrected chi connectivity index (χ0v) is 15.2. The summed E-state index contributed by atoms with van der Waals surface area (Å²) in [6, 6.07) is 8.04. The van der Waals surface area contributed by atoms with E-state index in [1.54, 1.807) is 24.5 Å². The maximum atomic E-state index is 12.7. The quantitative estimate of drug-likeness (QED) is 0.690. The van der Waals surface area contributed by atoms with Crippen LogP contribution < -0.4 is 4.74 Å². The summed E-state index contributed by atoms with van der Waals surface area (Å²) in [4.78, 5) is 15.7. The molecule has 0 saturated heterocycles. The van der Waals surface area contributed by atoms with Gasteiger partial charge in [0.25, 0.3) is 0 Å². The highest BCUT2D eigenvalue weighted by Crippen LogP contribution is 2.24. The third-order valence-electron chi connectivity index (χ3n) is 3.70. The van der Waals surface area contributed by atoms with Gasteiger partial charge in [-0.05, 0) is 42.8 Å². The molecule has 1 aromatic heterocycles. The number of methoxy groups -OCH3 is 1. The van der Waals surface area contributed by atoms with Crippen LogP contribution in [0.3, 0.4) is 0 Å². The number of rotatable bonds is 8. The van der Waals surface area contributed by atoms with Crippen LogP contribution in [0.2, 0.25) is 0 Å². The lowest BCUT2D eigenvalue weighted by Crippen LogP contribution is -2.43. The fourth-order valence-electron chi connectivity index (χ4n) is 2.26. The summed E-state index contributed by atoms with van der Waals surface area (Å²) < 4.78 is 36.6. The summed E-state index contributed by atoms with van der Waals surface area (Å²) >= 11 is 0. The Morgan fingerprint density at radius 3 is 2.27 bits per heavy atom. The number of carbonyl (C=O) groups is 1. The first-order valence-corrected chi connectivity index (χ1v) is 9.19. The Morgan fingerprint density at radius 1 is 1.15 bits per heavy atom. The Bertz CT molecular complexity index is 824. The molecule has 0 radical (unpaired) electrons. The van der Waals surface area contributed by atoms with Crippen molar-refractivity contribution in [3.8, 4) is 11.5 Å². The summed E-state index contributed by atoms with van der Waals surface area (Å²) in [5.41, 5.74) is 0. The molecule has 1 aromatic carbocycles. The fraction of sp³-hybridized carbons (Fsp3) is 0.294. The van der Waals surface area contributed by atoms with E-state index in [9.17, 15) is 13.2 Å². The summed E-state index contributed by atoms with van der Waals surface area (Å²) in [5.74, 6) is 0.293. The van der Waals surface area contributed by atoms with Gasteiger partial charge in [0, 0.05) is 26.0 Å². The summed E-state index contributed by atoms with van der Waals surface area (Å²) in [6.07, 6.45) is 3.10. The second kappa shape index (κ2) is 8.75. The molecule has 26 heavy (non-hydrogen) atoms. The molecule has 9 heteroatoms. The topological polar surface area (TPSA) is 106 Å². The molecule has 0 aliphatic heterocycles. The molecule has 1 unspecified atom stereocenters. The maximum Gasteiger partial charge on any atom is 0.324 e. The van der Waals surface area contributed by atoms with E-state index < -0.39 is 22.0 Å². The Balaban J connectivity index is 2.21. The van der Waals surface area contributed by atoms with E-state index >= 15 is 0 Å². The van der Waals surface area contributed by atoms with Gasteiger partial charge in [-0.15, -0.1) is 0 Å². The number of nitrogens with zero attached hydrogens (tertiary/aromatic N) is 2. The van der Waals surface area contributed by atoms with Gasteiger partial charge >= 0.3 is 5.97 Å². The van der Waals surface area contributed by atoms with Crippen LogP contribution in [0, 0.1) is 0 Å². The van der Waals surface area contributed by atoms with Gasteiger partial charge in [-0.25, -0.2) is 8.42 Å². The summed E-state index contributed by atoms with van der Waals surface area (Å²) in [7, 11) is -1.51. The average Bonchev–Trinajstić information content (AvgIpc) is 2.66. The number of likely N-dealkylation sites (N-methyl/N-ethyl adjacent to an activating group) is 1. The first-order chi connectivity index (χ1) is 12.4. The fourth-order valence-corrected chi connectivity index (χ4v) is 3.60. The number of pyridine rings is 1. The molecule has 2 aromatic rings. The maximum absolute atomic E-state index is 12.7. The van der Waals surface area contributed by atoms with E-state index in [4.69, 9.17) is 9.84 Å². The molecule has 0 saturated carbocycles. The van der Waals surface area contributed by atoms with Crippen molar-refractivity contribution >= 4 is 16.0 Å². The summed E-state index contributed by atoms with van der Waals surface area (Å²) in [6.45, 7) is -0.349. The Morgan fingerprint density at radius 2 is 1.73 bits per heavy atom. The monoisotopic (exact) mass is 380 g/mol. The van der Waals surface area contributed by atoms with Gasteiger partial charge in [0.05, 0.1) is 12.0 Å². The van der Waals surface area contributed by atoms with Crippen LogP contribution in [0.25, 0.3) is 0 Å². The highest BCUT2D eigenvalue weighted by molar-refractivity contribution is 7.89. The minimum Gasteiger partial charge on any atom is -0.468 e. The van der Waals surface area contributed by atoms with Gasteiger partial charge in [-0.1, -0.05) is 0 Å². The molecule has 1 N–H and O–H groups in total. The average molecular weight is 380 g/mol. The minimum atomic E-state index is -3.95. The van der Waals surface area contributed by atoms with E-state index in [0.29, 0.717) is 11.5 Å². The lowest BCUT2D eigenvalue weighted by Gasteiger charge is -2.25. The Kier molecular flexibility index (Phi) is 6.67. The van der Waals surface area contributed by atoms with Gasteiger partial charge in [0.2, 0.25) is 10.0 Å². The number of hydrogen-bond acceptors (Lipinski definition) is 7. The molecule has 1 atom stereocenters. The molecule has 2 rings (SSSR count). The molecule has 0 spiro atoms. The minimum absolute atomic E-state index is 0.00563. The molecule has 0 bridgehead atoms. The first kappa shape index (κ1) is 19.8. The van der Waals surface area contributed by atoms with Crippen molar-refractivity contribution in [3.05, 3.63) is 48.8 Å². The number of ether oxygens (including phenoxy) is 2. The normalized spacial score (nSPS) is 12.6. The van der Waals surface area contributed by atoms with Crippen molar-refractivity contribution < 1.29 is 27.8 Å². The summed E-state index contributed by atoms with van der Waals surface area (Å²) in [5, 5.41) is 9.09. The molecule has 0 aliphatic rings. The molecule has 0 aliphatic carbocycles. The molecule has 0 fully saturated rings. The number of aliphatic hydroxyl groups excluding tert-OH is 1. The van der Waals surface area contributed by atoms with E-state index in [1.165, 1.54) is 38.4 Å². The van der Waals surface area contributed by atoms with Crippen LogP contribution in [0.15, 0.2) is 53.7 Å². The first-order valence-electron chi connectivity index (χ1n) is 7.75. The molecule has 140 valence electrons. The van der Waals surface area contributed by atoms with Crippen molar-refractivity contribution in [3.63, 3.8) is 0 Å². The number of carbonyl (C=O) groups excluding carboxylic acids is 1. The van der Waals surface area contributed by atoms with Crippen molar-refractivity contribution in [2.45, 2.75) is 17.4 Å². The number of aromatic nitrogens is 1. The smallest absolute Gasteiger partial charge is 0.324 e.